The van der Waals surface area contributed by atoms with Crippen molar-refractivity contribution in [2.45, 2.75) is 25.6 Å². The number of nitrogen functional groups attached to an aromatic ring is 1. The van der Waals surface area contributed by atoms with Gasteiger partial charge >= 0.3 is 6.09 Å². The van der Waals surface area contributed by atoms with Gasteiger partial charge in [0, 0.05) is 4.70 Å². The second kappa shape index (κ2) is 13.1. The van der Waals surface area contributed by atoms with Crippen molar-refractivity contribution in [2.75, 3.05) is 11.1 Å². The van der Waals surface area contributed by atoms with E-state index in [1.165, 1.54) is 11.3 Å². The lowest BCUT2D eigenvalue weighted by molar-refractivity contribution is -0.131. The smallest absolute Gasteiger partial charge is 0.417 e. The summed E-state index contributed by atoms with van der Waals surface area (Å²) >= 11 is 1.31. The fourth-order valence-corrected chi connectivity index (χ4v) is 5.47. The molecule has 4 aromatic carbocycles. The van der Waals surface area contributed by atoms with Crippen LogP contribution >= 0.6 is 11.3 Å². The number of thiophene rings is 1. The lowest BCUT2D eigenvalue weighted by Gasteiger charge is -2.24. The normalized spacial score (nSPS) is 11.5. The zero-order valence-corrected chi connectivity index (χ0v) is 23.6. The number of hydrogen-bond acceptors (Lipinski definition) is 7. The van der Waals surface area contributed by atoms with Crippen molar-refractivity contribution < 1.29 is 19.1 Å². The SMILES string of the molecule is Nc1ccccc1NC(=O)c1cc2ccc(CN(C(=O)OCc3ccccc3)C(=O)[C@@H](N)Cc3ccccc3)cc2s1. The summed E-state index contributed by atoms with van der Waals surface area (Å²) in [5, 5.41) is 3.70. The number of hydrogen-bond donors (Lipinski definition) is 3. The van der Waals surface area contributed by atoms with Gasteiger partial charge in [0.05, 0.1) is 28.8 Å². The number of rotatable bonds is 9. The van der Waals surface area contributed by atoms with Crippen LogP contribution in [0, 0.1) is 0 Å². The van der Waals surface area contributed by atoms with E-state index in [1.54, 1.807) is 30.3 Å². The molecule has 0 aliphatic heterocycles. The first kappa shape index (κ1) is 28.5. The van der Waals surface area contributed by atoms with Crippen LogP contribution in [0.4, 0.5) is 16.2 Å². The summed E-state index contributed by atoms with van der Waals surface area (Å²) in [4.78, 5) is 41.2. The molecule has 0 saturated heterocycles. The zero-order chi connectivity index (χ0) is 29.5. The van der Waals surface area contributed by atoms with Crippen LogP contribution in [0.3, 0.4) is 0 Å². The standard InChI is InChI=1S/C33H30N4O4S/c34-26-13-7-8-14-28(26)36-31(38)30-19-25-16-15-24(18-29(25)42-30)20-37(33(40)41-21-23-11-5-2-6-12-23)32(39)27(35)17-22-9-3-1-4-10-22/h1-16,18-19,27H,17,20-21,34-35H2,(H,36,38)/t27-/m0/s1. The van der Waals surface area contributed by atoms with E-state index in [9.17, 15) is 14.4 Å². The number of carbonyl (C=O) groups is 3. The minimum Gasteiger partial charge on any atom is -0.444 e. The van der Waals surface area contributed by atoms with Crippen molar-refractivity contribution >= 4 is 50.7 Å². The molecule has 212 valence electrons. The summed E-state index contributed by atoms with van der Waals surface area (Å²) in [7, 11) is 0. The third kappa shape index (κ3) is 7.01. The maximum Gasteiger partial charge on any atom is 0.417 e. The molecule has 1 atom stereocenters. The Morgan fingerprint density at radius 1 is 0.810 bits per heavy atom. The summed E-state index contributed by atoms with van der Waals surface area (Å²) in [6.45, 7) is -0.0173. The van der Waals surface area contributed by atoms with Gasteiger partial charge in [-0.2, -0.15) is 0 Å². The largest absolute Gasteiger partial charge is 0.444 e. The number of anilines is 2. The Bertz CT molecular complexity index is 1710. The number of fused-ring (bicyclic) bond motifs is 1. The Labute approximate surface area is 247 Å². The van der Waals surface area contributed by atoms with Crippen LogP contribution < -0.4 is 16.8 Å². The molecule has 5 rings (SSSR count). The molecule has 0 spiro atoms. The van der Waals surface area contributed by atoms with E-state index in [2.05, 4.69) is 5.32 Å². The van der Waals surface area contributed by atoms with Crippen LogP contribution in [0.15, 0.2) is 109 Å². The first-order valence-electron chi connectivity index (χ1n) is 13.4. The molecule has 5 aromatic rings. The van der Waals surface area contributed by atoms with Gasteiger partial charge in [0.15, 0.2) is 0 Å². The first-order chi connectivity index (χ1) is 20.4. The van der Waals surface area contributed by atoms with Crippen LogP contribution in [0.1, 0.15) is 26.4 Å². The molecule has 0 fully saturated rings. The lowest BCUT2D eigenvalue weighted by atomic mass is 10.1. The van der Waals surface area contributed by atoms with Gasteiger partial charge < -0.3 is 21.5 Å². The van der Waals surface area contributed by atoms with Gasteiger partial charge in [-0.1, -0.05) is 84.9 Å². The molecule has 5 N–H and O–H groups in total. The molecule has 0 aliphatic carbocycles. The van der Waals surface area contributed by atoms with Crippen molar-refractivity contribution in [1.82, 2.24) is 4.90 Å². The highest BCUT2D eigenvalue weighted by Crippen LogP contribution is 2.29. The Morgan fingerprint density at radius 3 is 2.19 bits per heavy atom. The maximum atomic E-state index is 13.5. The van der Waals surface area contributed by atoms with Gasteiger partial charge in [-0.25, -0.2) is 9.69 Å². The van der Waals surface area contributed by atoms with Crippen molar-refractivity contribution in [3.05, 3.63) is 131 Å². The molecule has 0 aliphatic rings. The Morgan fingerprint density at radius 2 is 1.48 bits per heavy atom. The highest BCUT2D eigenvalue weighted by molar-refractivity contribution is 7.20. The molecule has 1 aromatic heterocycles. The van der Waals surface area contributed by atoms with E-state index < -0.39 is 18.0 Å². The number of nitrogens with one attached hydrogen (secondary N) is 1. The Kier molecular flexibility index (Phi) is 8.91. The summed E-state index contributed by atoms with van der Waals surface area (Å²) in [6, 6.07) is 32.1. The lowest BCUT2D eigenvalue weighted by Crippen LogP contribution is -2.47. The topological polar surface area (TPSA) is 128 Å². The monoisotopic (exact) mass is 578 g/mol. The molecule has 0 saturated carbocycles. The van der Waals surface area contributed by atoms with E-state index in [0.29, 0.717) is 21.8 Å². The Hall–Kier alpha value is -4.99. The molecular formula is C33H30N4O4S. The van der Waals surface area contributed by atoms with Crippen LogP contribution in [-0.4, -0.2) is 28.8 Å². The molecule has 8 nitrogen and oxygen atoms in total. The van der Waals surface area contributed by atoms with Crippen LogP contribution in [-0.2, 0) is 29.1 Å². The molecule has 0 bridgehead atoms. The molecule has 42 heavy (non-hydrogen) atoms. The van der Waals surface area contributed by atoms with Crippen molar-refractivity contribution in [2.24, 2.45) is 5.73 Å². The average Bonchev–Trinajstić information content (AvgIpc) is 3.44. The number of nitrogens with two attached hydrogens (primary N) is 2. The first-order valence-corrected chi connectivity index (χ1v) is 14.2. The fourth-order valence-electron chi connectivity index (χ4n) is 4.45. The summed E-state index contributed by atoms with van der Waals surface area (Å²) < 4.78 is 6.35. The molecule has 0 radical (unpaired) electrons. The highest BCUT2D eigenvalue weighted by Gasteiger charge is 2.28. The molecular weight excluding hydrogens is 548 g/mol. The quantitative estimate of drug-likeness (QED) is 0.185. The molecule has 0 unspecified atom stereocenters. The summed E-state index contributed by atoms with van der Waals surface area (Å²) in [5.74, 6) is -0.812. The number of amides is 3. The second-order valence-electron chi connectivity index (χ2n) is 9.78. The van der Waals surface area contributed by atoms with E-state index in [-0.39, 0.29) is 25.5 Å². The van der Waals surface area contributed by atoms with Crippen molar-refractivity contribution in [1.29, 1.82) is 0 Å². The van der Waals surface area contributed by atoms with E-state index in [1.807, 2.05) is 78.9 Å². The fraction of sp³-hybridized carbons (Fsp3) is 0.121. The summed E-state index contributed by atoms with van der Waals surface area (Å²) in [6.07, 6.45) is -0.504. The molecule has 3 amide bonds. The predicted octanol–water partition coefficient (Wildman–Crippen LogP) is 5.97. The second-order valence-corrected chi connectivity index (χ2v) is 10.9. The van der Waals surface area contributed by atoms with E-state index in [0.717, 1.165) is 26.1 Å². The molecule has 1 heterocycles. The van der Waals surface area contributed by atoms with Gasteiger partial charge in [-0.3, -0.25) is 9.59 Å². The van der Waals surface area contributed by atoms with Gasteiger partial charge in [0.2, 0.25) is 5.91 Å². The van der Waals surface area contributed by atoms with Crippen LogP contribution in [0.2, 0.25) is 0 Å². The third-order valence-electron chi connectivity index (χ3n) is 6.67. The number of ether oxygens (including phenoxy) is 1. The maximum absolute atomic E-state index is 13.5. The minimum absolute atomic E-state index is 0.0196. The van der Waals surface area contributed by atoms with Crippen LogP contribution in [0.25, 0.3) is 10.1 Å². The highest BCUT2D eigenvalue weighted by atomic mass is 32.1. The van der Waals surface area contributed by atoms with Gasteiger partial charge in [-0.05, 0) is 52.8 Å². The number of para-hydroxylation sites is 2. The van der Waals surface area contributed by atoms with Gasteiger partial charge in [0.1, 0.15) is 6.61 Å². The number of imide groups is 1. The van der Waals surface area contributed by atoms with Crippen molar-refractivity contribution in [3.63, 3.8) is 0 Å². The number of carbonyl (C=O) groups excluding carboxylic acids is 3. The van der Waals surface area contributed by atoms with Crippen LogP contribution in [0.5, 0.6) is 0 Å². The van der Waals surface area contributed by atoms with E-state index >= 15 is 0 Å². The van der Waals surface area contributed by atoms with Gasteiger partial charge in [-0.15, -0.1) is 11.3 Å². The number of benzene rings is 4. The molecule has 9 heteroatoms. The predicted molar refractivity (Wildman–Crippen MR) is 166 cm³/mol. The van der Waals surface area contributed by atoms with E-state index in [4.69, 9.17) is 16.2 Å². The number of nitrogens with zero attached hydrogens (tertiary/aromatic N) is 1. The zero-order valence-electron chi connectivity index (χ0n) is 22.7. The summed E-state index contributed by atoms with van der Waals surface area (Å²) in [5.41, 5.74) is 15.7. The van der Waals surface area contributed by atoms with Crippen molar-refractivity contribution in [3.8, 4) is 0 Å². The Balaban J connectivity index is 1.35. The average molecular weight is 579 g/mol. The van der Waals surface area contributed by atoms with Gasteiger partial charge in [0.25, 0.3) is 5.91 Å². The third-order valence-corrected chi connectivity index (χ3v) is 7.76. The minimum atomic E-state index is -0.942.